The van der Waals surface area contributed by atoms with Crippen LogP contribution in [0.15, 0.2) is 36.5 Å². The van der Waals surface area contributed by atoms with Gasteiger partial charge in [0.1, 0.15) is 0 Å². The lowest BCUT2D eigenvalue weighted by molar-refractivity contribution is -0.127. The molecule has 0 spiro atoms. The molecule has 192 valence electrons. The molecule has 2 fully saturated rings. The number of hydrogen-bond donors (Lipinski definition) is 2. The van der Waals surface area contributed by atoms with Gasteiger partial charge >= 0.3 is 0 Å². The molecule has 5 heterocycles. The van der Waals surface area contributed by atoms with Crippen LogP contribution in [0, 0.1) is 0 Å². The first-order valence-electron chi connectivity index (χ1n) is 12.6. The number of benzene rings is 1. The van der Waals surface area contributed by atoms with Gasteiger partial charge < -0.3 is 19.6 Å². The van der Waals surface area contributed by atoms with E-state index in [0.29, 0.717) is 38.7 Å². The van der Waals surface area contributed by atoms with Crippen molar-refractivity contribution in [2.45, 2.75) is 0 Å². The van der Waals surface area contributed by atoms with Crippen molar-refractivity contribution in [2.24, 2.45) is 0 Å². The number of aliphatic hydroxyl groups is 1. The van der Waals surface area contributed by atoms with Crippen LogP contribution in [-0.2, 0) is 9.53 Å². The fourth-order valence-corrected chi connectivity index (χ4v) is 5.90. The van der Waals surface area contributed by atoms with Gasteiger partial charge in [0.25, 0.3) is 0 Å². The predicted octanol–water partition coefficient (Wildman–Crippen LogP) is 2.22. The summed E-state index contributed by atoms with van der Waals surface area (Å²) in [6, 6.07) is 8.03. The van der Waals surface area contributed by atoms with Crippen LogP contribution >= 0.6 is 11.3 Å². The highest BCUT2D eigenvalue weighted by atomic mass is 32.1. The molecule has 2 aliphatic heterocycles. The van der Waals surface area contributed by atoms with Gasteiger partial charge in [-0.1, -0.05) is 12.1 Å². The highest BCUT2D eigenvalue weighted by Gasteiger charge is 2.22. The normalized spacial score (nSPS) is 17.4. The third-order valence-corrected chi connectivity index (χ3v) is 7.98. The molecular weight excluding hydrogens is 490 g/mol. The second-order valence-corrected chi connectivity index (χ2v) is 10.3. The highest BCUT2D eigenvalue weighted by Crippen LogP contribution is 2.36. The third kappa shape index (κ3) is 4.95. The minimum atomic E-state index is 0.00733. The number of aliphatic hydroxyl groups excluding tert-OH is 1. The van der Waals surface area contributed by atoms with E-state index in [9.17, 15) is 4.79 Å². The molecule has 4 aromatic rings. The Morgan fingerprint density at radius 3 is 2.78 bits per heavy atom. The number of β-amino-alcohol motifs (C(OH)–C–C–N with tert-alkyl or cyclic N) is 1. The van der Waals surface area contributed by atoms with E-state index in [1.54, 1.807) is 17.4 Å². The Kier molecular flexibility index (Phi) is 6.83. The van der Waals surface area contributed by atoms with Gasteiger partial charge in [-0.3, -0.25) is 14.8 Å². The number of morpholine rings is 1. The van der Waals surface area contributed by atoms with Crippen LogP contribution in [0.2, 0.25) is 0 Å². The summed E-state index contributed by atoms with van der Waals surface area (Å²) in [4.78, 5) is 30.0. The second kappa shape index (κ2) is 10.5. The average Bonchev–Trinajstić information content (AvgIpc) is 3.59. The van der Waals surface area contributed by atoms with Crippen molar-refractivity contribution in [3.05, 3.63) is 41.4 Å². The Morgan fingerprint density at radius 2 is 1.97 bits per heavy atom. The van der Waals surface area contributed by atoms with E-state index >= 15 is 0 Å². The number of carbonyl (C=O) groups is 1. The number of H-pyrrole nitrogens is 1. The van der Waals surface area contributed by atoms with Gasteiger partial charge in [0.05, 0.1) is 41.8 Å². The van der Waals surface area contributed by atoms with Crippen molar-refractivity contribution in [1.29, 1.82) is 0 Å². The molecule has 0 bridgehead atoms. The molecule has 2 saturated heterocycles. The number of amides is 1. The van der Waals surface area contributed by atoms with Crippen LogP contribution in [0.5, 0.6) is 0 Å². The number of piperazine rings is 1. The van der Waals surface area contributed by atoms with Crippen LogP contribution in [0.25, 0.3) is 38.6 Å². The van der Waals surface area contributed by atoms with Crippen molar-refractivity contribution in [1.82, 2.24) is 30.0 Å². The first-order chi connectivity index (χ1) is 18.2. The van der Waals surface area contributed by atoms with E-state index in [1.807, 2.05) is 41.4 Å². The van der Waals surface area contributed by atoms with Gasteiger partial charge in [-0.2, -0.15) is 5.10 Å². The summed E-state index contributed by atoms with van der Waals surface area (Å²) in [6.07, 6.45) is 5.35. The maximum Gasteiger partial charge on any atom is 0.246 e. The van der Waals surface area contributed by atoms with E-state index in [2.05, 4.69) is 20.0 Å². The van der Waals surface area contributed by atoms with Crippen LogP contribution in [0.4, 0.5) is 5.82 Å². The van der Waals surface area contributed by atoms with Gasteiger partial charge in [0, 0.05) is 67.7 Å². The van der Waals surface area contributed by atoms with E-state index in [1.165, 1.54) is 0 Å². The van der Waals surface area contributed by atoms with Crippen molar-refractivity contribution in [3.63, 3.8) is 0 Å². The molecule has 10 nitrogen and oxygen atoms in total. The van der Waals surface area contributed by atoms with Crippen molar-refractivity contribution >= 4 is 50.3 Å². The number of aromatic amines is 1. The number of rotatable bonds is 6. The van der Waals surface area contributed by atoms with Gasteiger partial charge in [-0.25, -0.2) is 9.97 Å². The molecule has 2 aliphatic rings. The zero-order valence-electron chi connectivity index (χ0n) is 20.5. The molecule has 1 amide bonds. The lowest BCUT2D eigenvalue weighted by Crippen LogP contribution is -2.48. The Morgan fingerprint density at radius 1 is 1.14 bits per heavy atom. The molecule has 0 aliphatic carbocycles. The largest absolute Gasteiger partial charge is 0.395 e. The summed E-state index contributed by atoms with van der Waals surface area (Å²) in [7, 11) is 0. The average molecular weight is 520 g/mol. The molecule has 37 heavy (non-hydrogen) atoms. The smallest absolute Gasteiger partial charge is 0.246 e. The highest BCUT2D eigenvalue weighted by molar-refractivity contribution is 7.20. The molecule has 0 atom stereocenters. The maximum absolute atomic E-state index is 12.8. The first-order valence-corrected chi connectivity index (χ1v) is 13.4. The standard InChI is InChI=1S/C26H29N7O3S/c34-13-10-31-6-8-32(9-7-31)23(35)5-4-18-16-22-24(37-18)26(33-11-14-36-15-12-33)29-25(28-22)19-2-1-3-21-20(19)17-27-30-21/h1-5,16-17,34H,6-15H2,(H,27,30)/b5-4+. The number of ether oxygens (including phenoxy) is 1. The second-order valence-electron chi connectivity index (χ2n) is 9.19. The molecule has 0 saturated carbocycles. The lowest BCUT2D eigenvalue weighted by Gasteiger charge is -2.33. The van der Waals surface area contributed by atoms with E-state index in [-0.39, 0.29) is 12.5 Å². The Hall–Kier alpha value is -3.38. The van der Waals surface area contributed by atoms with Crippen molar-refractivity contribution in [3.8, 4) is 11.4 Å². The van der Waals surface area contributed by atoms with Crippen LogP contribution in [0.3, 0.4) is 0 Å². The zero-order valence-corrected chi connectivity index (χ0v) is 21.3. The lowest BCUT2D eigenvalue weighted by atomic mass is 10.1. The predicted molar refractivity (Wildman–Crippen MR) is 145 cm³/mol. The molecule has 6 rings (SSSR count). The molecule has 1 aromatic carbocycles. The Labute approximate surface area is 218 Å². The summed E-state index contributed by atoms with van der Waals surface area (Å²) in [5, 5.41) is 17.3. The minimum Gasteiger partial charge on any atom is -0.395 e. The topological polar surface area (TPSA) is 111 Å². The molecule has 2 N–H and O–H groups in total. The third-order valence-electron chi connectivity index (χ3n) is 6.90. The molecule has 11 heteroatoms. The summed E-state index contributed by atoms with van der Waals surface area (Å²) in [6.45, 7) is 6.58. The monoisotopic (exact) mass is 519 g/mol. The number of nitrogens with one attached hydrogen (secondary N) is 1. The number of nitrogens with zero attached hydrogens (tertiary/aromatic N) is 6. The van der Waals surface area contributed by atoms with Gasteiger partial charge in [-0.05, 0) is 18.2 Å². The minimum absolute atomic E-state index is 0.00733. The van der Waals surface area contributed by atoms with E-state index < -0.39 is 0 Å². The van der Waals surface area contributed by atoms with Crippen LogP contribution < -0.4 is 4.90 Å². The van der Waals surface area contributed by atoms with Gasteiger partial charge in [-0.15, -0.1) is 11.3 Å². The number of hydrogen-bond acceptors (Lipinski definition) is 9. The number of aromatic nitrogens is 4. The fraction of sp³-hybridized carbons (Fsp3) is 0.385. The van der Waals surface area contributed by atoms with Gasteiger partial charge in [0.2, 0.25) is 5.91 Å². The number of anilines is 1. The zero-order chi connectivity index (χ0) is 25.2. The SMILES string of the molecule is O=C(/C=C/c1cc2nc(-c3cccc4[nH]ncc34)nc(N3CCOCC3)c2s1)N1CCN(CCO)CC1. The van der Waals surface area contributed by atoms with Gasteiger partial charge in [0.15, 0.2) is 11.6 Å². The van der Waals surface area contributed by atoms with Crippen LogP contribution in [-0.4, -0.2) is 107 Å². The van der Waals surface area contributed by atoms with E-state index in [4.69, 9.17) is 19.8 Å². The number of thiophene rings is 1. The number of fused-ring (bicyclic) bond motifs is 2. The summed E-state index contributed by atoms with van der Waals surface area (Å²) in [5.41, 5.74) is 2.74. The maximum atomic E-state index is 12.8. The number of carbonyl (C=O) groups excluding carboxylic acids is 1. The summed E-state index contributed by atoms with van der Waals surface area (Å²) >= 11 is 1.60. The quantitative estimate of drug-likeness (QED) is 0.373. The Balaban J connectivity index is 1.31. The molecule has 0 unspecified atom stereocenters. The van der Waals surface area contributed by atoms with Crippen molar-refractivity contribution < 1.29 is 14.6 Å². The molecular formula is C26H29N7O3S. The summed E-state index contributed by atoms with van der Waals surface area (Å²) in [5.74, 6) is 1.57. The van der Waals surface area contributed by atoms with Crippen LogP contribution in [0.1, 0.15) is 4.88 Å². The Bertz CT molecular complexity index is 1430. The first kappa shape index (κ1) is 24.0. The van der Waals surface area contributed by atoms with E-state index in [0.717, 1.165) is 63.6 Å². The molecule has 3 aromatic heterocycles. The fourth-order valence-electron chi connectivity index (χ4n) is 4.88. The molecule has 0 radical (unpaired) electrons. The van der Waals surface area contributed by atoms with Crippen molar-refractivity contribution in [2.75, 3.05) is 70.5 Å². The summed E-state index contributed by atoms with van der Waals surface area (Å²) < 4.78 is 6.59.